The van der Waals surface area contributed by atoms with Crippen molar-refractivity contribution in [2.75, 3.05) is 0 Å². The van der Waals surface area contributed by atoms with Gasteiger partial charge in [0, 0.05) is 18.5 Å². The first-order chi connectivity index (χ1) is 8.39. The molecule has 1 rings (SSSR count). The summed E-state index contributed by atoms with van der Waals surface area (Å²) in [5.74, 6) is 0. The largest absolute Gasteiger partial charge is 0.388 e. The highest BCUT2D eigenvalue weighted by molar-refractivity contribution is 5.27. The summed E-state index contributed by atoms with van der Waals surface area (Å²) in [5.41, 5.74) is 13.4. The van der Waals surface area contributed by atoms with Crippen molar-refractivity contribution in [2.45, 2.75) is 57.7 Å². The zero-order chi connectivity index (χ0) is 13.8. The summed E-state index contributed by atoms with van der Waals surface area (Å²) in [4.78, 5) is 0. The summed E-state index contributed by atoms with van der Waals surface area (Å²) in [7, 11) is 0. The van der Waals surface area contributed by atoms with Gasteiger partial charge in [-0.3, -0.25) is 0 Å². The highest BCUT2D eigenvalue weighted by Crippen LogP contribution is 2.24. The van der Waals surface area contributed by atoms with Gasteiger partial charge in [0.1, 0.15) is 0 Å². The smallest absolute Gasteiger partial charge is 0.0836 e. The van der Waals surface area contributed by atoms with Crippen molar-refractivity contribution in [3.8, 4) is 0 Å². The number of aryl methyl sites for hydroxylation is 1. The minimum atomic E-state index is -0.875. The van der Waals surface area contributed by atoms with Gasteiger partial charge in [-0.15, -0.1) is 0 Å². The standard InChI is InChI=1S/C15H26N2O/c1-4-15(18,14(17)9-12(3)16)10-13-8-6-5-7-11(13)2/h5-8,12,14,18H,4,9-10,16-17H2,1-3H3. The van der Waals surface area contributed by atoms with Gasteiger partial charge in [0.15, 0.2) is 0 Å². The molecule has 3 atom stereocenters. The molecule has 18 heavy (non-hydrogen) atoms. The molecule has 0 aliphatic heterocycles. The van der Waals surface area contributed by atoms with Crippen LogP contribution in [0.3, 0.4) is 0 Å². The molecule has 0 fully saturated rings. The van der Waals surface area contributed by atoms with Crippen molar-refractivity contribution in [2.24, 2.45) is 11.5 Å². The van der Waals surface area contributed by atoms with Gasteiger partial charge < -0.3 is 16.6 Å². The topological polar surface area (TPSA) is 72.3 Å². The van der Waals surface area contributed by atoms with E-state index in [1.807, 2.05) is 26.0 Å². The number of nitrogens with two attached hydrogens (primary N) is 2. The average molecular weight is 250 g/mol. The van der Waals surface area contributed by atoms with Gasteiger partial charge in [0.25, 0.3) is 0 Å². The summed E-state index contributed by atoms with van der Waals surface area (Å²) >= 11 is 0. The van der Waals surface area contributed by atoms with Crippen molar-refractivity contribution in [3.63, 3.8) is 0 Å². The van der Waals surface area contributed by atoms with E-state index in [4.69, 9.17) is 11.5 Å². The van der Waals surface area contributed by atoms with Crippen LogP contribution in [0.5, 0.6) is 0 Å². The van der Waals surface area contributed by atoms with Gasteiger partial charge in [-0.25, -0.2) is 0 Å². The fraction of sp³-hybridized carbons (Fsp3) is 0.600. The van der Waals surface area contributed by atoms with E-state index in [-0.39, 0.29) is 12.1 Å². The number of hydrogen-bond acceptors (Lipinski definition) is 3. The number of hydrogen-bond donors (Lipinski definition) is 3. The Hall–Kier alpha value is -0.900. The van der Waals surface area contributed by atoms with E-state index in [9.17, 15) is 5.11 Å². The van der Waals surface area contributed by atoms with Crippen molar-refractivity contribution >= 4 is 0 Å². The second-order valence-corrected chi connectivity index (χ2v) is 5.38. The molecule has 5 N–H and O–H groups in total. The SMILES string of the molecule is CCC(O)(Cc1ccccc1C)C(N)CC(C)N. The number of rotatable bonds is 6. The monoisotopic (exact) mass is 250 g/mol. The lowest BCUT2D eigenvalue weighted by atomic mass is 9.82. The Kier molecular flexibility index (Phi) is 5.32. The van der Waals surface area contributed by atoms with Gasteiger partial charge >= 0.3 is 0 Å². The lowest BCUT2D eigenvalue weighted by Crippen LogP contribution is -2.51. The van der Waals surface area contributed by atoms with Crippen LogP contribution in [0.25, 0.3) is 0 Å². The molecule has 0 spiro atoms. The molecule has 0 aliphatic carbocycles. The van der Waals surface area contributed by atoms with Crippen LogP contribution in [0, 0.1) is 6.92 Å². The third-order valence-electron chi connectivity index (χ3n) is 3.69. The molecule has 0 heterocycles. The molecule has 1 aromatic carbocycles. The van der Waals surface area contributed by atoms with E-state index in [0.717, 1.165) is 5.56 Å². The predicted octanol–water partition coefficient (Wildman–Crippen LogP) is 1.74. The van der Waals surface area contributed by atoms with E-state index in [1.54, 1.807) is 0 Å². The van der Waals surface area contributed by atoms with Gasteiger partial charge in [-0.05, 0) is 37.8 Å². The molecule has 0 bridgehead atoms. The molecule has 1 aromatic rings. The molecular formula is C15H26N2O. The minimum Gasteiger partial charge on any atom is -0.388 e. The normalized spacial score (nSPS) is 18.1. The summed E-state index contributed by atoms with van der Waals surface area (Å²) in [6.07, 6.45) is 1.86. The van der Waals surface area contributed by atoms with E-state index in [1.165, 1.54) is 5.56 Å². The summed E-state index contributed by atoms with van der Waals surface area (Å²) in [5, 5.41) is 10.7. The van der Waals surface area contributed by atoms with Crippen LogP contribution in [-0.4, -0.2) is 22.8 Å². The molecular weight excluding hydrogens is 224 g/mol. The van der Waals surface area contributed by atoms with E-state index in [0.29, 0.717) is 19.3 Å². The molecule has 0 radical (unpaired) electrons. The second-order valence-electron chi connectivity index (χ2n) is 5.38. The van der Waals surface area contributed by atoms with Crippen molar-refractivity contribution in [1.29, 1.82) is 0 Å². The summed E-state index contributed by atoms with van der Waals surface area (Å²) < 4.78 is 0. The third-order valence-corrected chi connectivity index (χ3v) is 3.69. The Morgan fingerprint density at radius 3 is 2.39 bits per heavy atom. The van der Waals surface area contributed by atoms with Crippen LogP contribution in [0.2, 0.25) is 0 Å². The highest BCUT2D eigenvalue weighted by Gasteiger charge is 2.33. The van der Waals surface area contributed by atoms with Crippen molar-refractivity contribution in [1.82, 2.24) is 0 Å². The Morgan fingerprint density at radius 2 is 1.89 bits per heavy atom. The molecule has 0 amide bonds. The number of benzene rings is 1. The Bertz CT molecular complexity index is 379. The molecule has 102 valence electrons. The van der Waals surface area contributed by atoms with E-state index < -0.39 is 5.60 Å². The van der Waals surface area contributed by atoms with Gasteiger partial charge in [0.2, 0.25) is 0 Å². The molecule has 0 saturated heterocycles. The quantitative estimate of drug-likeness (QED) is 0.720. The zero-order valence-corrected chi connectivity index (χ0v) is 11.7. The van der Waals surface area contributed by atoms with Gasteiger partial charge in [-0.1, -0.05) is 31.2 Å². The maximum absolute atomic E-state index is 10.7. The number of aliphatic hydroxyl groups is 1. The van der Waals surface area contributed by atoms with Crippen LogP contribution < -0.4 is 11.5 Å². The summed E-state index contributed by atoms with van der Waals surface area (Å²) in [6.45, 7) is 5.95. The highest BCUT2D eigenvalue weighted by atomic mass is 16.3. The lowest BCUT2D eigenvalue weighted by molar-refractivity contribution is 0.00629. The minimum absolute atomic E-state index is 0.00921. The Morgan fingerprint density at radius 1 is 1.28 bits per heavy atom. The summed E-state index contributed by atoms with van der Waals surface area (Å²) in [6, 6.07) is 7.83. The Labute approximate surface area is 110 Å². The van der Waals surface area contributed by atoms with Crippen molar-refractivity contribution in [3.05, 3.63) is 35.4 Å². The lowest BCUT2D eigenvalue weighted by Gasteiger charge is -2.34. The second kappa shape index (κ2) is 6.32. The first-order valence-electron chi connectivity index (χ1n) is 6.67. The molecule has 0 saturated carbocycles. The Balaban J connectivity index is 2.85. The first kappa shape index (κ1) is 15.2. The molecule has 0 aromatic heterocycles. The predicted molar refractivity (Wildman–Crippen MR) is 76.4 cm³/mol. The van der Waals surface area contributed by atoms with Crippen LogP contribution in [-0.2, 0) is 6.42 Å². The fourth-order valence-electron chi connectivity index (χ4n) is 2.28. The third kappa shape index (κ3) is 3.80. The van der Waals surface area contributed by atoms with Gasteiger partial charge in [-0.2, -0.15) is 0 Å². The molecule has 0 aliphatic rings. The zero-order valence-electron chi connectivity index (χ0n) is 11.7. The van der Waals surface area contributed by atoms with Gasteiger partial charge in [0.05, 0.1) is 5.60 Å². The average Bonchev–Trinajstić information content (AvgIpc) is 2.31. The van der Waals surface area contributed by atoms with Crippen LogP contribution in [0.4, 0.5) is 0 Å². The van der Waals surface area contributed by atoms with Crippen LogP contribution >= 0.6 is 0 Å². The maximum atomic E-state index is 10.7. The van der Waals surface area contributed by atoms with E-state index >= 15 is 0 Å². The molecule has 3 heteroatoms. The van der Waals surface area contributed by atoms with Crippen molar-refractivity contribution < 1.29 is 5.11 Å². The molecule has 3 nitrogen and oxygen atoms in total. The first-order valence-corrected chi connectivity index (χ1v) is 6.67. The fourth-order valence-corrected chi connectivity index (χ4v) is 2.28. The van der Waals surface area contributed by atoms with E-state index in [2.05, 4.69) is 19.1 Å². The van der Waals surface area contributed by atoms with Crippen LogP contribution in [0.15, 0.2) is 24.3 Å². The maximum Gasteiger partial charge on any atom is 0.0836 e. The van der Waals surface area contributed by atoms with Crippen LogP contribution in [0.1, 0.15) is 37.8 Å². The molecule has 3 unspecified atom stereocenters.